The van der Waals surface area contributed by atoms with Crippen molar-refractivity contribution < 1.29 is 0 Å². The van der Waals surface area contributed by atoms with Crippen molar-refractivity contribution in [2.24, 2.45) is 0 Å². The Balaban J connectivity index is 1.95. The molecule has 0 aliphatic carbocycles. The van der Waals surface area contributed by atoms with Crippen LogP contribution in [0.1, 0.15) is 46.0 Å². The summed E-state index contributed by atoms with van der Waals surface area (Å²) in [7, 11) is 0. The van der Waals surface area contributed by atoms with E-state index in [1.54, 1.807) is 0 Å². The van der Waals surface area contributed by atoms with Crippen molar-refractivity contribution >= 4 is 5.69 Å². The molecule has 0 radical (unpaired) electrons. The molecule has 1 heterocycles. The van der Waals surface area contributed by atoms with Gasteiger partial charge in [0.05, 0.1) is 17.7 Å². The van der Waals surface area contributed by atoms with Crippen LogP contribution in [-0.4, -0.2) is 15.6 Å². The Hall–Kier alpha value is -1.77. The fraction of sp³-hybridized carbons (Fsp3) is 0.471. The van der Waals surface area contributed by atoms with E-state index in [2.05, 4.69) is 48.4 Å². The van der Waals surface area contributed by atoms with Crippen molar-refractivity contribution in [1.82, 2.24) is 9.55 Å². The van der Waals surface area contributed by atoms with Crippen LogP contribution < -0.4 is 5.32 Å². The van der Waals surface area contributed by atoms with Crippen molar-refractivity contribution in [3.63, 3.8) is 0 Å². The van der Waals surface area contributed by atoms with Gasteiger partial charge in [-0.25, -0.2) is 4.98 Å². The summed E-state index contributed by atoms with van der Waals surface area (Å²) in [4.78, 5) is 4.12. The molecular weight excluding hydrogens is 246 g/mol. The number of hydrogen-bond acceptors (Lipinski definition) is 2. The van der Waals surface area contributed by atoms with Gasteiger partial charge in [-0.2, -0.15) is 0 Å². The lowest BCUT2D eigenvalue weighted by atomic mass is 10.1. The first-order valence-corrected chi connectivity index (χ1v) is 7.65. The number of rotatable bonds is 8. The minimum absolute atomic E-state index is 0.497. The second-order valence-corrected chi connectivity index (χ2v) is 5.38. The monoisotopic (exact) mass is 271 g/mol. The summed E-state index contributed by atoms with van der Waals surface area (Å²) >= 11 is 0. The number of imidazole rings is 1. The molecule has 0 saturated carbocycles. The normalized spacial score (nSPS) is 12.3. The quantitative estimate of drug-likeness (QED) is 0.709. The molecule has 2 rings (SSSR count). The molecule has 3 heteroatoms. The molecule has 1 aromatic heterocycles. The van der Waals surface area contributed by atoms with Crippen molar-refractivity contribution in [3.8, 4) is 5.69 Å². The number of nitrogens with zero attached hydrogens (tertiary/aromatic N) is 2. The number of aromatic nitrogens is 2. The third-order valence-electron chi connectivity index (χ3n) is 3.58. The van der Waals surface area contributed by atoms with Crippen molar-refractivity contribution in [1.29, 1.82) is 0 Å². The van der Waals surface area contributed by atoms with Gasteiger partial charge in [-0.1, -0.05) is 44.7 Å². The second kappa shape index (κ2) is 7.73. The van der Waals surface area contributed by atoms with Crippen LogP contribution >= 0.6 is 0 Å². The predicted molar refractivity (Wildman–Crippen MR) is 85.4 cm³/mol. The molecule has 0 fully saturated rings. The fourth-order valence-corrected chi connectivity index (χ4v) is 2.44. The average molecular weight is 271 g/mol. The molecule has 0 aliphatic heterocycles. The van der Waals surface area contributed by atoms with E-state index in [0.29, 0.717) is 6.04 Å². The number of nitrogens with one attached hydrogen (secondary N) is 1. The molecule has 0 amide bonds. The summed E-state index contributed by atoms with van der Waals surface area (Å²) in [6.07, 6.45) is 12.1. The van der Waals surface area contributed by atoms with Crippen LogP contribution in [0.4, 0.5) is 5.69 Å². The number of unbranched alkanes of at least 4 members (excludes halogenated alkanes) is 3. The van der Waals surface area contributed by atoms with E-state index in [4.69, 9.17) is 0 Å². The molecule has 1 N–H and O–H groups in total. The van der Waals surface area contributed by atoms with E-state index in [0.717, 1.165) is 5.69 Å². The van der Waals surface area contributed by atoms with Gasteiger partial charge in [-0.15, -0.1) is 0 Å². The average Bonchev–Trinajstić information content (AvgIpc) is 2.98. The van der Waals surface area contributed by atoms with Gasteiger partial charge in [-0.3, -0.25) is 0 Å². The van der Waals surface area contributed by atoms with Crippen molar-refractivity contribution in [2.75, 3.05) is 5.32 Å². The zero-order chi connectivity index (χ0) is 14.2. The Morgan fingerprint density at radius 3 is 2.80 bits per heavy atom. The van der Waals surface area contributed by atoms with E-state index >= 15 is 0 Å². The standard InChI is InChI=1S/C17H25N3/c1-3-4-5-6-9-15(2)19-16-10-7-8-11-17(16)20-13-12-18-14-20/h7-8,10-15,19H,3-6,9H2,1-2H3. The van der Waals surface area contributed by atoms with Crippen LogP contribution in [0.5, 0.6) is 0 Å². The van der Waals surface area contributed by atoms with Gasteiger partial charge in [0.2, 0.25) is 0 Å². The smallest absolute Gasteiger partial charge is 0.0992 e. The summed E-state index contributed by atoms with van der Waals surface area (Å²) in [5.41, 5.74) is 2.33. The topological polar surface area (TPSA) is 29.9 Å². The fourth-order valence-electron chi connectivity index (χ4n) is 2.44. The lowest BCUT2D eigenvalue weighted by Gasteiger charge is -2.18. The molecule has 3 nitrogen and oxygen atoms in total. The number of hydrogen-bond donors (Lipinski definition) is 1. The van der Waals surface area contributed by atoms with Crippen LogP contribution in [0.2, 0.25) is 0 Å². The zero-order valence-electron chi connectivity index (χ0n) is 12.5. The first-order valence-electron chi connectivity index (χ1n) is 7.65. The maximum atomic E-state index is 4.12. The molecule has 1 aromatic carbocycles. The lowest BCUT2D eigenvalue weighted by molar-refractivity contribution is 0.594. The molecule has 2 aromatic rings. The molecule has 0 spiro atoms. The highest BCUT2D eigenvalue weighted by Crippen LogP contribution is 2.21. The zero-order valence-corrected chi connectivity index (χ0v) is 12.5. The molecule has 1 unspecified atom stereocenters. The van der Waals surface area contributed by atoms with Gasteiger partial charge in [-0.05, 0) is 25.5 Å². The highest BCUT2D eigenvalue weighted by atomic mass is 15.1. The summed E-state index contributed by atoms with van der Waals surface area (Å²) < 4.78 is 2.05. The Morgan fingerprint density at radius 2 is 2.05 bits per heavy atom. The molecule has 0 saturated heterocycles. The van der Waals surface area contributed by atoms with Gasteiger partial charge in [0, 0.05) is 18.4 Å². The van der Waals surface area contributed by atoms with Crippen LogP contribution in [0.15, 0.2) is 43.0 Å². The largest absolute Gasteiger partial charge is 0.381 e. The van der Waals surface area contributed by atoms with Crippen LogP contribution in [-0.2, 0) is 0 Å². The Bertz CT molecular complexity index is 491. The number of para-hydroxylation sites is 2. The van der Waals surface area contributed by atoms with Crippen molar-refractivity contribution in [3.05, 3.63) is 43.0 Å². The molecular formula is C17H25N3. The van der Waals surface area contributed by atoms with Crippen LogP contribution in [0.3, 0.4) is 0 Å². The third-order valence-corrected chi connectivity index (χ3v) is 3.58. The van der Waals surface area contributed by atoms with E-state index in [-0.39, 0.29) is 0 Å². The number of benzene rings is 1. The Kier molecular flexibility index (Phi) is 5.66. The first-order chi connectivity index (χ1) is 9.81. The van der Waals surface area contributed by atoms with Gasteiger partial charge in [0.1, 0.15) is 0 Å². The van der Waals surface area contributed by atoms with E-state index in [9.17, 15) is 0 Å². The number of anilines is 1. The summed E-state index contributed by atoms with van der Waals surface area (Å²) in [6, 6.07) is 8.89. The highest BCUT2D eigenvalue weighted by Gasteiger charge is 2.07. The Labute approximate surface area is 122 Å². The predicted octanol–water partition coefficient (Wildman–Crippen LogP) is 4.64. The molecule has 0 bridgehead atoms. The summed E-state index contributed by atoms with van der Waals surface area (Å²) in [6.45, 7) is 4.51. The van der Waals surface area contributed by atoms with Gasteiger partial charge in [0.25, 0.3) is 0 Å². The SMILES string of the molecule is CCCCCCC(C)Nc1ccccc1-n1ccnc1. The summed E-state index contributed by atoms with van der Waals surface area (Å²) in [5.74, 6) is 0. The molecule has 108 valence electrons. The minimum Gasteiger partial charge on any atom is -0.381 e. The van der Waals surface area contributed by atoms with E-state index < -0.39 is 0 Å². The third kappa shape index (κ3) is 4.12. The summed E-state index contributed by atoms with van der Waals surface area (Å²) in [5, 5.41) is 3.63. The first kappa shape index (κ1) is 14.6. The van der Waals surface area contributed by atoms with Crippen molar-refractivity contribution in [2.45, 2.75) is 52.0 Å². The Morgan fingerprint density at radius 1 is 1.20 bits per heavy atom. The maximum absolute atomic E-state index is 4.12. The van der Waals surface area contributed by atoms with E-state index in [1.807, 2.05) is 23.3 Å². The van der Waals surface area contributed by atoms with E-state index in [1.165, 1.54) is 37.8 Å². The second-order valence-electron chi connectivity index (χ2n) is 5.38. The van der Waals surface area contributed by atoms with Crippen LogP contribution in [0, 0.1) is 0 Å². The lowest BCUT2D eigenvalue weighted by Crippen LogP contribution is -2.16. The van der Waals surface area contributed by atoms with Crippen LogP contribution in [0.25, 0.3) is 5.69 Å². The van der Waals surface area contributed by atoms with Gasteiger partial charge >= 0.3 is 0 Å². The molecule has 0 aliphatic rings. The highest BCUT2D eigenvalue weighted by molar-refractivity contribution is 5.61. The van der Waals surface area contributed by atoms with Gasteiger partial charge in [0.15, 0.2) is 0 Å². The van der Waals surface area contributed by atoms with Gasteiger partial charge < -0.3 is 9.88 Å². The molecule has 1 atom stereocenters. The minimum atomic E-state index is 0.497. The maximum Gasteiger partial charge on any atom is 0.0992 e. The molecule has 20 heavy (non-hydrogen) atoms.